The van der Waals surface area contributed by atoms with Crippen molar-refractivity contribution in [2.75, 3.05) is 13.7 Å². The fraction of sp³-hybridized carbons (Fsp3) is 0.462. The average Bonchev–Trinajstić information content (AvgIpc) is 2.86. The third-order valence-corrected chi connectivity index (χ3v) is 3.19. The number of aromatic nitrogens is 4. The van der Waals surface area contributed by atoms with Crippen LogP contribution in [0.3, 0.4) is 0 Å². The van der Waals surface area contributed by atoms with Crippen molar-refractivity contribution >= 4 is 0 Å². The molecule has 1 heterocycles. The molecule has 1 N–H and O–H groups in total. The van der Waals surface area contributed by atoms with Crippen molar-refractivity contribution in [1.29, 1.82) is 0 Å². The van der Waals surface area contributed by atoms with Crippen LogP contribution in [0.15, 0.2) is 30.3 Å². The van der Waals surface area contributed by atoms with E-state index in [1.807, 2.05) is 49.2 Å². The van der Waals surface area contributed by atoms with E-state index in [9.17, 15) is 0 Å². The summed E-state index contributed by atoms with van der Waals surface area (Å²) in [7, 11) is 1.95. The zero-order valence-electron chi connectivity index (χ0n) is 11.3. The minimum absolute atomic E-state index is 0.0851. The van der Waals surface area contributed by atoms with Crippen LogP contribution in [0.25, 0.3) is 0 Å². The smallest absolute Gasteiger partial charge is 0.165 e. The van der Waals surface area contributed by atoms with Crippen LogP contribution in [-0.4, -0.2) is 49.9 Å². The molecule has 2 rings (SSSR count). The molecule has 6 nitrogen and oxygen atoms in total. The fourth-order valence-electron chi connectivity index (χ4n) is 1.73. The van der Waals surface area contributed by atoms with Gasteiger partial charge in [-0.25, -0.2) is 4.68 Å². The van der Waals surface area contributed by atoms with Crippen LogP contribution in [-0.2, 0) is 13.1 Å². The zero-order chi connectivity index (χ0) is 13.7. The monoisotopic (exact) mass is 261 g/mol. The lowest BCUT2D eigenvalue weighted by Gasteiger charge is -2.21. The minimum Gasteiger partial charge on any atom is -0.395 e. The van der Waals surface area contributed by atoms with Crippen LogP contribution in [0.2, 0.25) is 0 Å². The first-order chi connectivity index (χ1) is 9.20. The standard InChI is InChI=1S/C13H19N5O/c1-11(10-19)17(2)9-13-14-15-16-18(13)8-12-6-4-3-5-7-12/h3-7,11,19H,8-10H2,1-2H3. The van der Waals surface area contributed by atoms with Crippen LogP contribution in [0.5, 0.6) is 0 Å². The summed E-state index contributed by atoms with van der Waals surface area (Å²) in [6.45, 7) is 3.36. The molecule has 0 aliphatic rings. The van der Waals surface area contributed by atoms with Crippen molar-refractivity contribution < 1.29 is 5.11 Å². The van der Waals surface area contributed by atoms with E-state index >= 15 is 0 Å². The Morgan fingerprint density at radius 2 is 2.05 bits per heavy atom. The van der Waals surface area contributed by atoms with Crippen molar-refractivity contribution in [2.24, 2.45) is 0 Å². The highest BCUT2D eigenvalue weighted by molar-refractivity contribution is 5.14. The van der Waals surface area contributed by atoms with Crippen LogP contribution in [0, 0.1) is 0 Å². The largest absolute Gasteiger partial charge is 0.395 e. The quantitative estimate of drug-likeness (QED) is 0.822. The molecule has 0 amide bonds. The fourth-order valence-corrected chi connectivity index (χ4v) is 1.73. The van der Waals surface area contributed by atoms with Gasteiger partial charge in [0.05, 0.1) is 19.7 Å². The Hall–Kier alpha value is -1.79. The topological polar surface area (TPSA) is 67.1 Å². The SMILES string of the molecule is CC(CO)N(C)Cc1nnnn1Cc1ccccc1. The first kappa shape index (κ1) is 13.6. The van der Waals surface area contributed by atoms with E-state index in [1.165, 1.54) is 0 Å². The number of rotatable bonds is 6. The number of hydrogen-bond acceptors (Lipinski definition) is 5. The molecule has 0 aliphatic carbocycles. The van der Waals surface area contributed by atoms with Gasteiger partial charge >= 0.3 is 0 Å². The van der Waals surface area contributed by atoms with Gasteiger partial charge < -0.3 is 5.11 Å². The van der Waals surface area contributed by atoms with Crippen LogP contribution in [0.4, 0.5) is 0 Å². The maximum Gasteiger partial charge on any atom is 0.165 e. The molecule has 1 aromatic heterocycles. The number of aliphatic hydroxyl groups excluding tert-OH is 1. The highest BCUT2D eigenvalue weighted by atomic mass is 16.3. The first-order valence-electron chi connectivity index (χ1n) is 6.30. The van der Waals surface area contributed by atoms with Gasteiger partial charge in [0.2, 0.25) is 0 Å². The molecule has 0 saturated heterocycles. The third kappa shape index (κ3) is 3.59. The van der Waals surface area contributed by atoms with Gasteiger partial charge in [-0.1, -0.05) is 30.3 Å². The Balaban J connectivity index is 2.06. The van der Waals surface area contributed by atoms with E-state index in [-0.39, 0.29) is 12.6 Å². The molecule has 0 spiro atoms. The Kier molecular flexibility index (Phi) is 4.59. The molecule has 19 heavy (non-hydrogen) atoms. The van der Waals surface area contributed by atoms with E-state index in [0.29, 0.717) is 13.1 Å². The van der Waals surface area contributed by atoms with Gasteiger partial charge in [-0.05, 0) is 30.0 Å². The maximum atomic E-state index is 9.14. The lowest BCUT2D eigenvalue weighted by Crippen LogP contribution is -2.32. The summed E-state index contributed by atoms with van der Waals surface area (Å²) in [5.74, 6) is 0.798. The van der Waals surface area contributed by atoms with Crippen molar-refractivity contribution in [1.82, 2.24) is 25.1 Å². The number of benzene rings is 1. The van der Waals surface area contributed by atoms with E-state index in [0.717, 1.165) is 11.4 Å². The Morgan fingerprint density at radius 1 is 1.32 bits per heavy atom. The summed E-state index contributed by atoms with van der Waals surface area (Å²) in [5.41, 5.74) is 1.16. The molecule has 0 fully saturated rings. The van der Waals surface area contributed by atoms with Crippen LogP contribution < -0.4 is 0 Å². The maximum absolute atomic E-state index is 9.14. The summed E-state index contributed by atoms with van der Waals surface area (Å²) in [6, 6.07) is 10.2. The van der Waals surface area contributed by atoms with Gasteiger partial charge in [0.25, 0.3) is 0 Å². The summed E-state index contributed by atoms with van der Waals surface area (Å²) in [4.78, 5) is 2.02. The lowest BCUT2D eigenvalue weighted by molar-refractivity contribution is 0.150. The highest BCUT2D eigenvalue weighted by Crippen LogP contribution is 2.06. The summed E-state index contributed by atoms with van der Waals surface area (Å²) >= 11 is 0. The average molecular weight is 261 g/mol. The molecule has 0 saturated carbocycles. The van der Waals surface area contributed by atoms with Crippen LogP contribution >= 0.6 is 0 Å². The molecule has 2 aromatic rings. The van der Waals surface area contributed by atoms with Gasteiger partial charge in [0.15, 0.2) is 5.82 Å². The van der Waals surface area contributed by atoms with E-state index < -0.39 is 0 Å². The minimum atomic E-state index is 0.0851. The molecule has 0 radical (unpaired) electrons. The van der Waals surface area contributed by atoms with Gasteiger partial charge in [0, 0.05) is 6.04 Å². The predicted molar refractivity (Wildman–Crippen MR) is 71.4 cm³/mol. The molecule has 1 aromatic carbocycles. The second-order valence-electron chi connectivity index (χ2n) is 4.69. The molecule has 0 aliphatic heterocycles. The number of hydrogen-bond donors (Lipinski definition) is 1. The Labute approximate surface area is 112 Å². The summed E-state index contributed by atoms with van der Waals surface area (Å²) in [5, 5.41) is 20.9. The van der Waals surface area contributed by atoms with Crippen LogP contribution in [0.1, 0.15) is 18.3 Å². The highest BCUT2D eigenvalue weighted by Gasteiger charge is 2.13. The normalized spacial score (nSPS) is 12.8. The van der Waals surface area contributed by atoms with E-state index in [2.05, 4.69) is 15.5 Å². The van der Waals surface area contributed by atoms with Crippen molar-refractivity contribution in [3.05, 3.63) is 41.7 Å². The number of likely N-dealkylation sites (N-methyl/N-ethyl adjacent to an activating group) is 1. The first-order valence-corrected chi connectivity index (χ1v) is 6.30. The van der Waals surface area contributed by atoms with E-state index in [4.69, 9.17) is 5.11 Å². The van der Waals surface area contributed by atoms with E-state index in [1.54, 1.807) is 4.68 Å². The van der Waals surface area contributed by atoms with Crippen molar-refractivity contribution in [3.8, 4) is 0 Å². The molecule has 1 unspecified atom stereocenters. The Bertz CT molecular complexity index is 499. The van der Waals surface area contributed by atoms with Gasteiger partial charge in [0.1, 0.15) is 0 Å². The van der Waals surface area contributed by atoms with Gasteiger partial charge in [-0.2, -0.15) is 0 Å². The van der Waals surface area contributed by atoms with Gasteiger partial charge in [-0.15, -0.1) is 5.10 Å². The Morgan fingerprint density at radius 3 is 2.74 bits per heavy atom. The zero-order valence-corrected chi connectivity index (χ0v) is 11.3. The molecular formula is C13H19N5O. The number of nitrogens with zero attached hydrogens (tertiary/aromatic N) is 5. The lowest BCUT2D eigenvalue weighted by atomic mass is 10.2. The van der Waals surface area contributed by atoms with Crippen molar-refractivity contribution in [2.45, 2.75) is 26.1 Å². The molecule has 6 heteroatoms. The molecule has 102 valence electrons. The number of tetrazole rings is 1. The third-order valence-electron chi connectivity index (χ3n) is 3.19. The predicted octanol–water partition coefficient (Wildman–Crippen LogP) is 0.534. The van der Waals surface area contributed by atoms with Crippen molar-refractivity contribution in [3.63, 3.8) is 0 Å². The molecule has 1 atom stereocenters. The summed E-state index contributed by atoms with van der Waals surface area (Å²) < 4.78 is 1.79. The number of aliphatic hydroxyl groups is 1. The second-order valence-corrected chi connectivity index (χ2v) is 4.69. The summed E-state index contributed by atoms with van der Waals surface area (Å²) in [6.07, 6.45) is 0. The molecule has 0 bridgehead atoms. The second kappa shape index (κ2) is 6.40. The van der Waals surface area contributed by atoms with Gasteiger partial charge in [-0.3, -0.25) is 4.90 Å². The molecular weight excluding hydrogens is 242 g/mol.